The van der Waals surface area contributed by atoms with E-state index in [2.05, 4.69) is 54.2 Å². The summed E-state index contributed by atoms with van der Waals surface area (Å²) in [6.07, 6.45) is 0. The number of piperazine rings is 1. The van der Waals surface area contributed by atoms with Gasteiger partial charge in [-0.05, 0) is 18.6 Å². The minimum atomic E-state index is 0.0692. The van der Waals surface area contributed by atoms with Crippen molar-refractivity contribution in [2.24, 2.45) is 0 Å². The number of rotatable bonds is 1. The second kappa shape index (κ2) is 4.61. The van der Waals surface area contributed by atoms with Crippen LogP contribution < -0.4 is 10.2 Å². The molecule has 0 saturated carbocycles. The maximum absolute atomic E-state index is 4.42. The molecule has 1 aliphatic heterocycles. The summed E-state index contributed by atoms with van der Waals surface area (Å²) in [7, 11) is 0. The molecule has 1 aromatic rings. The van der Waals surface area contributed by atoms with Crippen molar-refractivity contribution >= 4 is 5.82 Å². The number of aromatic nitrogens is 2. The van der Waals surface area contributed by atoms with Gasteiger partial charge in [0.1, 0.15) is 0 Å². The summed E-state index contributed by atoms with van der Waals surface area (Å²) in [5, 5.41) is 12.1. The highest BCUT2D eigenvalue weighted by Gasteiger charge is 2.20. The van der Waals surface area contributed by atoms with E-state index in [1.165, 1.54) is 5.56 Å². The maximum Gasteiger partial charge on any atom is 0.154 e. The van der Waals surface area contributed by atoms with Gasteiger partial charge in [-0.15, -0.1) is 5.10 Å². The summed E-state index contributed by atoms with van der Waals surface area (Å²) >= 11 is 0. The molecule has 0 amide bonds. The standard InChI is InChI=1S/C13H22N4/c1-10-9-11(13(2,3)4)15-16-12(10)17-7-5-14-6-8-17/h9,14H,5-8H2,1-4H3. The predicted octanol–water partition coefficient (Wildman–Crippen LogP) is 1.49. The quantitative estimate of drug-likeness (QED) is 0.799. The van der Waals surface area contributed by atoms with Gasteiger partial charge < -0.3 is 10.2 Å². The van der Waals surface area contributed by atoms with Crippen molar-refractivity contribution in [3.05, 3.63) is 17.3 Å². The highest BCUT2D eigenvalue weighted by molar-refractivity contribution is 5.46. The van der Waals surface area contributed by atoms with E-state index in [0.717, 1.165) is 37.7 Å². The second-order valence-corrected chi connectivity index (χ2v) is 5.72. The molecule has 1 aromatic heterocycles. The van der Waals surface area contributed by atoms with Crippen molar-refractivity contribution in [3.8, 4) is 0 Å². The molecule has 17 heavy (non-hydrogen) atoms. The molecule has 0 bridgehead atoms. The van der Waals surface area contributed by atoms with Crippen LogP contribution in [0, 0.1) is 6.92 Å². The third kappa shape index (κ3) is 2.75. The molecular weight excluding hydrogens is 212 g/mol. The smallest absolute Gasteiger partial charge is 0.154 e. The van der Waals surface area contributed by atoms with Gasteiger partial charge in [-0.2, -0.15) is 5.10 Å². The van der Waals surface area contributed by atoms with E-state index in [4.69, 9.17) is 0 Å². The van der Waals surface area contributed by atoms with E-state index in [9.17, 15) is 0 Å². The van der Waals surface area contributed by atoms with Gasteiger partial charge in [-0.1, -0.05) is 20.8 Å². The van der Waals surface area contributed by atoms with Crippen molar-refractivity contribution < 1.29 is 0 Å². The summed E-state index contributed by atoms with van der Waals surface area (Å²) in [4.78, 5) is 2.31. The molecular formula is C13H22N4. The second-order valence-electron chi connectivity index (χ2n) is 5.72. The third-order valence-corrected chi connectivity index (χ3v) is 3.14. The predicted molar refractivity (Wildman–Crippen MR) is 70.6 cm³/mol. The Morgan fingerprint density at radius 3 is 2.35 bits per heavy atom. The largest absolute Gasteiger partial charge is 0.352 e. The molecule has 1 saturated heterocycles. The molecule has 4 nitrogen and oxygen atoms in total. The highest BCUT2D eigenvalue weighted by atomic mass is 15.3. The van der Waals surface area contributed by atoms with Crippen LogP contribution in [0.1, 0.15) is 32.0 Å². The first-order valence-corrected chi connectivity index (χ1v) is 6.29. The average Bonchev–Trinajstić information content (AvgIpc) is 2.29. The Morgan fingerprint density at radius 2 is 1.82 bits per heavy atom. The van der Waals surface area contributed by atoms with E-state index >= 15 is 0 Å². The zero-order valence-corrected chi connectivity index (χ0v) is 11.2. The lowest BCUT2D eigenvalue weighted by Crippen LogP contribution is -2.44. The first kappa shape index (κ1) is 12.3. The molecule has 4 heteroatoms. The Kier molecular flexibility index (Phi) is 3.33. The topological polar surface area (TPSA) is 41.1 Å². The van der Waals surface area contributed by atoms with Crippen LogP contribution in [-0.2, 0) is 5.41 Å². The minimum Gasteiger partial charge on any atom is -0.352 e. The van der Waals surface area contributed by atoms with Gasteiger partial charge in [-0.3, -0.25) is 0 Å². The van der Waals surface area contributed by atoms with E-state index in [0.29, 0.717) is 0 Å². The van der Waals surface area contributed by atoms with Crippen molar-refractivity contribution in [2.45, 2.75) is 33.1 Å². The van der Waals surface area contributed by atoms with Crippen LogP contribution in [0.25, 0.3) is 0 Å². The Labute approximate surface area is 103 Å². The molecule has 0 radical (unpaired) electrons. The Bertz CT molecular complexity index is 389. The number of anilines is 1. The lowest BCUT2D eigenvalue weighted by atomic mass is 9.91. The maximum atomic E-state index is 4.42. The average molecular weight is 234 g/mol. The van der Waals surface area contributed by atoms with Gasteiger partial charge in [0.15, 0.2) is 5.82 Å². The summed E-state index contributed by atoms with van der Waals surface area (Å²) < 4.78 is 0. The van der Waals surface area contributed by atoms with Crippen molar-refractivity contribution in [1.29, 1.82) is 0 Å². The summed E-state index contributed by atoms with van der Waals surface area (Å²) in [5.74, 6) is 1.04. The van der Waals surface area contributed by atoms with Gasteiger partial charge >= 0.3 is 0 Å². The Balaban J connectivity index is 2.25. The molecule has 0 aromatic carbocycles. The van der Waals surface area contributed by atoms with Crippen molar-refractivity contribution in [2.75, 3.05) is 31.1 Å². The summed E-state index contributed by atoms with van der Waals surface area (Å²) in [5.41, 5.74) is 2.36. The van der Waals surface area contributed by atoms with Gasteiger partial charge in [0.2, 0.25) is 0 Å². The van der Waals surface area contributed by atoms with Crippen LogP contribution in [0.4, 0.5) is 5.82 Å². The molecule has 0 unspecified atom stereocenters. The summed E-state index contributed by atoms with van der Waals surface area (Å²) in [6.45, 7) is 12.7. The number of hydrogen-bond donors (Lipinski definition) is 1. The molecule has 2 rings (SSSR count). The van der Waals surface area contributed by atoms with Gasteiger partial charge in [-0.25, -0.2) is 0 Å². The van der Waals surface area contributed by atoms with E-state index < -0.39 is 0 Å². The van der Waals surface area contributed by atoms with Crippen LogP contribution in [0.5, 0.6) is 0 Å². The lowest BCUT2D eigenvalue weighted by Gasteiger charge is -2.29. The highest BCUT2D eigenvalue weighted by Crippen LogP contribution is 2.24. The van der Waals surface area contributed by atoms with Crippen LogP contribution >= 0.6 is 0 Å². The monoisotopic (exact) mass is 234 g/mol. The molecule has 94 valence electrons. The van der Waals surface area contributed by atoms with Crippen LogP contribution in [0.3, 0.4) is 0 Å². The van der Waals surface area contributed by atoms with Gasteiger partial charge in [0, 0.05) is 31.6 Å². The minimum absolute atomic E-state index is 0.0692. The van der Waals surface area contributed by atoms with Crippen molar-refractivity contribution in [3.63, 3.8) is 0 Å². The zero-order chi connectivity index (χ0) is 12.5. The number of nitrogens with zero attached hydrogens (tertiary/aromatic N) is 3. The molecule has 0 aliphatic carbocycles. The molecule has 0 spiro atoms. The first-order chi connectivity index (χ1) is 7.98. The normalized spacial score (nSPS) is 17.3. The summed E-state index contributed by atoms with van der Waals surface area (Å²) in [6, 6.07) is 2.17. The number of hydrogen-bond acceptors (Lipinski definition) is 4. The van der Waals surface area contributed by atoms with E-state index in [1.807, 2.05) is 0 Å². The molecule has 1 aliphatic rings. The molecule has 1 fully saturated rings. The van der Waals surface area contributed by atoms with Crippen molar-refractivity contribution in [1.82, 2.24) is 15.5 Å². The Morgan fingerprint density at radius 1 is 1.18 bits per heavy atom. The van der Waals surface area contributed by atoms with Gasteiger partial charge in [0.05, 0.1) is 5.69 Å². The zero-order valence-electron chi connectivity index (χ0n) is 11.2. The van der Waals surface area contributed by atoms with Crippen LogP contribution in [0.2, 0.25) is 0 Å². The molecule has 2 heterocycles. The van der Waals surface area contributed by atoms with E-state index in [-0.39, 0.29) is 5.41 Å². The Hall–Kier alpha value is -1.16. The van der Waals surface area contributed by atoms with Crippen LogP contribution in [-0.4, -0.2) is 36.4 Å². The number of nitrogens with one attached hydrogen (secondary N) is 1. The van der Waals surface area contributed by atoms with Gasteiger partial charge in [0.25, 0.3) is 0 Å². The molecule has 1 N–H and O–H groups in total. The molecule has 0 atom stereocenters. The first-order valence-electron chi connectivity index (χ1n) is 6.29. The fraction of sp³-hybridized carbons (Fsp3) is 0.692. The fourth-order valence-electron chi connectivity index (χ4n) is 2.03. The third-order valence-electron chi connectivity index (χ3n) is 3.14. The number of aryl methyl sites for hydroxylation is 1. The van der Waals surface area contributed by atoms with Crippen LogP contribution in [0.15, 0.2) is 6.07 Å². The lowest BCUT2D eigenvalue weighted by molar-refractivity contribution is 0.550. The van der Waals surface area contributed by atoms with E-state index in [1.54, 1.807) is 0 Å². The fourth-order valence-corrected chi connectivity index (χ4v) is 2.03. The SMILES string of the molecule is Cc1cc(C(C)(C)C)nnc1N1CCNCC1.